The Morgan fingerprint density at radius 1 is 0.979 bits per heavy atom. The van der Waals surface area contributed by atoms with Crippen LogP contribution in [0, 0.1) is 0 Å². The summed E-state index contributed by atoms with van der Waals surface area (Å²) in [6.45, 7) is 5.65. The van der Waals surface area contributed by atoms with Crippen LogP contribution in [0.15, 0.2) is 70.6 Å². The number of carbonyl (C=O) groups is 2. The van der Waals surface area contributed by atoms with Gasteiger partial charge in [-0.1, -0.05) is 72.7 Å². The molecule has 2 aliphatic rings. The molecule has 1 atom stereocenters. The molecule has 10 nitrogen and oxygen atoms in total. The summed E-state index contributed by atoms with van der Waals surface area (Å²) in [5.74, 6) is 0.560. The number of carbonyl (C=O) groups excluding carboxylic acids is 2. The standard InChI is InChI=1S/C35H34ClN3O7S2/c1-3-5-6-15-44-25-13-9-22(18-27(25)43-4-2)30-29(31(40)23-10-14-26-28(19-23)46-17-16-45-26)32(41)33(42)39(30)34-37-38-35(48-34)47-20-21-7-11-24(36)12-8-21/h7-14,18-19,30,40H,3-6,15-17,20H2,1-2H3/b31-29+/t30-/m1/s1. The van der Waals surface area contributed by atoms with Gasteiger partial charge in [0, 0.05) is 16.3 Å². The summed E-state index contributed by atoms with van der Waals surface area (Å²) in [4.78, 5) is 28.9. The molecule has 0 saturated carbocycles. The van der Waals surface area contributed by atoms with Gasteiger partial charge in [0.1, 0.15) is 19.0 Å². The van der Waals surface area contributed by atoms with Crippen LogP contribution >= 0.6 is 34.7 Å². The number of ketones is 1. The molecule has 1 amide bonds. The van der Waals surface area contributed by atoms with Gasteiger partial charge in [0.25, 0.3) is 5.78 Å². The Bertz CT molecular complexity index is 1830. The second-order valence-electron chi connectivity index (χ2n) is 11.0. The normalized spacial score (nSPS) is 16.7. The lowest BCUT2D eigenvalue weighted by Crippen LogP contribution is -2.29. The van der Waals surface area contributed by atoms with Gasteiger partial charge in [-0.2, -0.15) is 0 Å². The molecule has 0 spiro atoms. The number of aliphatic hydroxyl groups excluding tert-OH is 1. The van der Waals surface area contributed by atoms with Gasteiger partial charge in [-0.25, -0.2) is 0 Å². The van der Waals surface area contributed by atoms with E-state index >= 15 is 0 Å². The zero-order valence-electron chi connectivity index (χ0n) is 26.4. The predicted molar refractivity (Wildman–Crippen MR) is 186 cm³/mol. The van der Waals surface area contributed by atoms with E-state index in [1.807, 2.05) is 31.2 Å². The summed E-state index contributed by atoms with van der Waals surface area (Å²) in [6.07, 6.45) is 3.00. The smallest absolute Gasteiger partial charge is 0.301 e. The summed E-state index contributed by atoms with van der Waals surface area (Å²) in [7, 11) is 0. The van der Waals surface area contributed by atoms with Crippen molar-refractivity contribution < 1.29 is 33.6 Å². The number of aromatic nitrogens is 2. The van der Waals surface area contributed by atoms with Gasteiger partial charge in [-0.05, 0) is 66.9 Å². The van der Waals surface area contributed by atoms with Crippen LogP contribution in [-0.2, 0) is 15.3 Å². The Balaban J connectivity index is 1.40. The van der Waals surface area contributed by atoms with Crippen LogP contribution < -0.4 is 23.8 Å². The van der Waals surface area contributed by atoms with Crippen LogP contribution in [-0.4, -0.2) is 53.4 Å². The molecule has 6 rings (SSSR count). The Kier molecular flexibility index (Phi) is 10.7. The summed E-state index contributed by atoms with van der Waals surface area (Å²) < 4.78 is 24.0. The van der Waals surface area contributed by atoms with Gasteiger partial charge in [0.2, 0.25) is 5.13 Å². The summed E-state index contributed by atoms with van der Waals surface area (Å²) in [5, 5.41) is 21.2. The van der Waals surface area contributed by atoms with E-state index in [0.29, 0.717) is 75.7 Å². The highest BCUT2D eigenvalue weighted by atomic mass is 35.5. The third-order valence-electron chi connectivity index (χ3n) is 7.73. The molecular formula is C35H34ClN3O7S2. The van der Waals surface area contributed by atoms with E-state index in [-0.39, 0.29) is 16.5 Å². The Morgan fingerprint density at radius 2 is 1.77 bits per heavy atom. The number of amides is 1. The van der Waals surface area contributed by atoms with E-state index in [9.17, 15) is 14.7 Å². The number of ether oxygens (including phenoxy) is 4. The van der Waals surface area contributed by atoms with Crippen molar-refractivity contribution in [1.29, 1.82) is 0 Å². The molecule has 1 fully saturated rings. The predicted octanol–water partition coefficient (Wildman–Crippen LogP) is 7.85. The molecular weight excluding hydrogens is 674 g/mol. The zero-order valence-corrected chi connectivity index (χ0v) is 28.8. The van der Waals surface area contributed by atoms with Gasteiger partial charge in [-0.15, -0.1) is 10.2 Å². The zero-order chi connectivity index (χ0) is 33.6. The summed E-state index contributed by atoms with van der Waals surface area (Å²) in [6, 6.07) is 16.7. The molecule has 0 radical (unpaired) electrons. The van der Waals surface area contributed by atoms with Gasteiger partial charge >= 0.3 is 5.91 Å². The lowest BCUT2D eigenvalue weighted by Gasteiger charge is -2.24. The number of hydrogen-bond donors (Lipinski definition) is 1. The number of thioether (sulfide) groups is 1. The molecule has 0 aliphatic carbocycles. The first kappa shape index (κ1) is 33.6. The Hall–Kier alpha value is -4.26. The number of rotatable bonds is 13. The number of halogens is 1. The van der Waals surface area contributed by atoms with Crippen molar-refractivity contribution in [2.75, 3.05) is 31.3 Å². The molecule has 0 unspecified atom stereocenters. The molecule has 250 valence electrons. The molecule has 13 heteroatoms. The molecule has 4 aromatic rings. The first-order valence-corrected chi connectivity index (χ1v) is 17.9. The first-order valence-electron chi connectivity index (χ1n) is 15.7. The average Bonchev–Trinajstić information content (AvgIpc) is 3.68. The second-order valence-corrected chi connectivity index (χ2v) is 13.6. The van der Waals surface area contributed by atoms with Crippen molar-refractivity contribution in [3.05, 3.63) is 87.9 Å². The maximum absolute atomic E-state index is 13.8. The number of anilines is 1. The topological polar surface area (TPSA) is 120 Å². The molecule has 3 aromatic carbocycles. The minimum absolute atomic E-state index is 0.0960. The first-order chi connectivity index (χ1) is 23.4. The minimum Gasteiger partial charge on any atom is -0.507 e. The van der Waals surface area contributed by atoms with Gasteiger partial charge < -0.3 is 24.1 Å². The number of fused-ring (bicyclic) bond motifs is 1. The highest BCUT2D eigenvalue weighted by Gasteiger charge is 2.48. The third kappa shape index (κ3) is 7.25. The number of benzene rings is 3. The highest BCUT2D eigenvalue weighted by Crippen LogP contribution is 2.46. The molecule has 3 heterocycles. The van der Waals surface area contributed by atoms with Crippen molar-refractivity contribution in [2.45, 2.75) is 49.2 Å². The van der Waals surface area contributed by atoms with Crippen LogP contribution in [0.25, 0.3) is 5.76 Å². The molecule has 1 N–H and O–H groups in total. The highest BCUT2D eigenvalue weighted by molar-refractivity contribution is 8.00. The van der Waals surface area contributed by atoms with Crippen LogP contribution in [0.5, 0.6) is 23.0 Å². The van der Waals surface area contributed by atoms with E-state index in [2.05, 4.69) is 17.1 Å². The number of Topliss-reactive ketones (excluding diaryl/α,β-unsaturated/α-hetero) is 1. The van der Waals surface area contributed by atoms with Crippen LogP contribution in [0.2, 0.25) is 5.02 Å². The lowest BCUT2D eigenvalue weighted by atomic mass is 9.95. The van der Waals surface area contributed by atoms with Crippen LogP contribution in [0.4, 0.5) is 5.13 Å². The molecule has 1 saturated heterocycles. The minimum atomic E-state index is -1.03. The monoisotopic (exact) mass is 707 g/mol. The van der Waals surface area contributed by atoms with E-state index < -0.39 is 17.7 Å². The van der Waals surface area contributed by atoms with E-state index in [1.54, 1.807) is 36.4 Å². The van der Waals surface area contributed by atoms with Crippen molar-refractivity contribution >= 4 is 57.3 Å². The third-order valence-corrected chi connectivity index (χ3v) is 10.1. The van der Waals surface area contributed by atoms with Gasteiger partial charge in [-0.3, -0.25) is 14.5 Å². The second kappa shape index (κ2) is 15.3. The maximum Gasteiger partial charge on any atom is 0.301 e. The van der Waals surface area contributed by atoms with Crippen molar-refractivity contribution in [3.63, 3.8) is 0 Å². The summed E-state index contributed by atoms with van der Waals surface area (Å²) in [5.41, 5.74) is 1.78. The number of hydrogen-bond acceptors (Lipinski definition) is 11. The molecule has 1 aromatic heterocycles. The number of nitrogens with zero attached hydrogens (tertiary/aromatic N) is 3. The SMILES string of the molecule is CCCCCOc1ccc([C@@H]2/C(=C(\O)c3ccc4c(c3)OCCO4)C(=O)C(=O)N2c2nnc(SCc3ccc(Cl)cc3)s2)cc1OCC. The fourth-order valence-corrected chi connectivity index (χ4v) is 7.34. The van der Waals surface area contributed by atoms with Gasteiger partial charge in [0.15, 0.2) is 27.3 Å². The number of unbranched alkanes of at least 4 members (excludes halogenated alkanes) is 2. The lowest BCUT2D eigenvalue weighted by molar-refractivity contribution is -0.132. The van der Waals surface area contributed by atoms with E-state index in [4.69, 9.17) is 30.5 Å². The maximum atomic E-state index is 13.8. The van der Waals surface area contributed by atoms with Crippen LogP contribution in [0.1, 0.15) is 55.8 Å². The van der Waals surface area contributed by atoms with Crippen molar-refractivity contribution in [2.24, 2.45) is 0 Å². The van der Waals surface area contributed by atoms with Crippen molar-refractivity contribution in [1.82, 2.24) is 10.2 Å². The largest absolute Gasteiger partial charge is 0.507 e. The average molecular weight is 708 g/mol. The number of aliphatic hydroxyl groups is 1. The Labute approximate surface area is 291 Å². The van der Waals surface area contributed by atoms with Crippen LogP contribution in [0.3, 0.4) is 0 Å². The summed E-state index contributed by atoms with van der Waals surface area (Å²) >= 11 is 8.67. The van der Waals surface area contributed by atoms with Gasteiger partial charge in [0.05, 0.1) is 24.8 Å². The molecule has 2 aliphatic heterocycles. The fraction of sp³-hybridized carbons (Fsp3) is 0.314. The fourth-order valence-electron chi connectivity index (χ4n) is 5.39. The Morgan fingerprint density at radius 3 is 2.54 bits per heavy atom. The van der Waals surface area contributed by atoms with E-state index in [1.165, 1.54) is 28.0 Å². The van der Waals surface area contributed by atoms with E-state index in [0.717, 1.165) is 24.8 Å². The quantitative estimate of drug-likeness (QED) is 0.0367. The van der Waals surface area contributed by atoms with Crippen molar-refractivity contribution in [3.8, 4) is 23.0 Å². The molecule has 48 heavy (non-hydrogen) atoms. The molecule has 0 bridgehead atoms.